The molecule has 0 bridgehead atoms. The number of hydrogen-bond acceptors (Lipinski definition) is 3. The van der Waals surface area contributed by atoms with Crippen LogP contribution in [0.15, 0.2) is 35.7 Å². The van der Waals surface area contributed by atoms with E-state index < -0.39 is 10.0 Å². The SMILES string of the molecule is C=CCN1CCN(S(=O)(=O)c2ccc(C)c(C)c2)CC1. The Hall–Kier alpha value is -1.17. The fourth-order valence-corrected chi connectivity index (χ4v) is 3.87. The van der Waals surface area contributed by atoms with Crippen molar-refractivity contribution < 1.29 is 8.42 Å². The molecular weight excluding hydrogens is 272 g/mol. The molecule has 1 saturated heterocycles. The average molecular weight is 294 g/mol. The smallest absolute Gasteiger partial charge is 0.243 e. The van der Waals surface area contributed by atoms with E-state index in [9.17, 15) is 8.42 Å². The molecule has 0 radical (unpaired) electrons. The molecule has 1 fully saturated rings. The zero-order valence-corrected chi connectivity index (χ0v) is 13.0. The first kappa shape index (κ1) is 15.2. The van der Waals surface area contributed by atoms with Gasteiger partial charge in [-0.25, -0.2) is 8.42 Å². The topological polar surface area (TPSA) is 40.6 Å². The third-order valence-electron chi connectivity index (χ3n) is 3.83. The molecule has 1 aliphatic rings. The number of nitrogens with zero attached hydrogens (tertiary/aromatic N) is 2. The number of hydrogen-bond donors (Lipinski definition) is 0. The Balaban J connectivity index is 2.15. The first-order valence-electron chi connectivity index (χ1n) is 6.86. The maximum atomic E-state index is 12.6. The lowest BCUT2D eigenvalue weighted by Gasteiger charge is -2.33. The predicted molar refractivity (Wildman–Crippen MR) is 81.3 cm³/mol. The van der Waals surface area contributed by atoms with Gasteiger partial charge in [-0.1, -0.05) is 12.1 Å². The molecular formula is C15H22N2O2S. The maximum Gasteiger partial charge on any atom is 0.243 e. The van der Waals surface area contributed by atoms with Crippen LogP contribution in [0.1, 0.15) is 11.1 Å². The van der Waals surface area contributed by atoms with Gasteiger partial charge < -0.3 is 0 Å². The molecule has 0 atom stereocenters. The highest BCUT2D eigenvalue weighted by molar-refractivity contribution is 7.89. The monoisotopic (exact) mass is 294 g/mol. The largest absolute Gasteiger partial charge is 0.297 e. The van der Waals surface area contributed by atoms with E-state index in [1.165, 1.54) is 0 Å². The van der Waals surface area contributed by atoms with Crippen molar-refractivity contribution >= 4 is 10.0 Å². The second kappa shape index (κ2) is 6.08. The van der Waals surface area contributed by atoms with E-state index in [-0.39, 0.29) is 0 Å². The lowest BCUT2D eigenvalue weighted by molar-refractivity contribution is 0.204. The summed E-state index contributed by atoms with van der Waals surface area (Å²) in [6.07, 6.45) is 1.85. The lowest BCUT2D eigenvalue weighted by Crippen LogP contribution is -2.48. The molecule has 0 saturated carbocycles. The Morgan fingerprint density at radius 2 is 1.80 bits per heavy atom. The summed E-state index contributed by atoms with van der Waals surface area (Å²) in [5.41, 5.74) is 2.12. The minimum absolute atomic E-state index is 0.401. The van der Waals surface area contributed by atoms with Crippen molar-refractivity contribution in [1.82, 2.24) is 9.21 Å². The van der Waals surface area contributed by atoms with Crippen LogP contribution >= 0.6 is 0 Å². The van der Waals surface area contributed by atoms with Crippen LogP contribution in [0.2, 0.25) is 0 Å². The summed E-state index contributed by atoms with van der Waals surface area (Å²) in [4.78, 5) is 2.61. The molecule has 1 aromatic rings. The molecule has 0 unspecified atom stereocenters. The molecule has 110 valence electrons. The van der Waals surface area contributed by atoms with E-state index >= 15 is 0 Å². The summed E-state index contributed by atoms with van der Waals surface area (Å²) in [5, 5.41) is 0. The number of sulfonamides is 1. The van der Waals surface area contributed by atoms with Gasteiger partial charge in [-0.05, 0) is 37.1 Å². The third kappa shape index (κ3) is 3.11. The minimum atomic E-state index is -3.36. The zero-order valence-electron chi connectivity index (χ0n) is 12.2. The van der Waals surface area contributed by atoms with Crippen molar-refractivity contribution in [3.8, 4) is 0 Å². The highest BCUT2D eigenvalue weighted by Crippen LogP contribution is 2.20. The quantitative estimate of drug-likeness (QED) is 0.795. The van der Waals surface area contributed by atoms with Crippen molar-refractivity contribution in [2.24, 2.45) is 0 Å². The van der Waals surface area contributed by atoms with Gasteiger partial charge >= 0.3 is 0 Å². The van der Waals surface area contributed by atoms with Crippen molar-refractivity contribution in [2.75, 3.05) is 32.7 Å². The van der Waals surface area contributed by atoms with Gasteiger partial charge in [0.25, 0.3) is 0 Å². The van der Waals surface area contributed by atoms with Gasteiger partial charge in [0.1, 0.15) is 0 Å². The molecule has 4 nitrogen and oxygen atoms in total. The highest BCUT2D eigenvalue weighted by Gasteiger charge is 2.28. The van der Waals surface area contributed by atoms with Crippen LogP contribution in [-0.4, -0.2) is 50.3 Å². The Kier molecular flexibility index (Phi) is 4.62. The maximum absolute atomic E-state index is 12.6. The minimum Gasteiger partial charge on any atom is -0.297 e. The van der Waals surface area contributed by atoms with Crippen molar-refractivity contribution in [3.63, 3.8) is 0 Å². The first-order valence-corrected chi connectivity index (χ1v) is 8.30. The number of benzene rings is 1. The fraction of sp³-hybridized carbons (Fsp3) is 0.467. The molecule has 0 aliphatic carbocycles. The van der Waals surface area contributed by atoms with Crippen molar-refractivity contribution in [1.29, 1.82) is 0 Å². The summed E-state index contributed by atoms with van der Waals surface area (Å²) in [6, 6.07) is 5.34. The van der Waals surface area contributed by atoms with E-state index in [0.29, 0.717) is 18.0 Å². The lowest BCUT2D eigenvalue weighted by atomic mass is 10.1. The van der Waals surface area contributed by atoms with Crippen LogP contribution in [0.3, 0.4) is 0 Å². The van der Waals surface area contributed by atoms with Gasteiger partial charge in [0, 0.05) is 32.7 Å². The normalized spacial score (nSPS) is 18.1. The summed E-state index contributed by atoms with van der Waals surface area (Å²) < 4.78 is 26.8. The second-order valence-corrected chi connectivity index (χ2v) is 7.18. The van der Waals surface area contributed by atoms with Crippen LogP contribution in [0.25, 0.3) is 0 Å². The molecule has 1 aliphatic heterocycles. The second-order valence-electron chi connectivity index (χ2n) is 5.24. The van der Waals surface area contributed by atoms with E-state index in [0.717, 1.165) is 30.8 Å². The van der Waals surface area contributed by atoms with Gasteiger partial charge in [-0.3, -0.25) is 4.90 Å². The van der Waals surface area contributed by atoms with Crippen LogP contribution in [0.5, 0.6) is 0 Å². The third-order valence-corrected chi connectivity index (χ3v) is 5.73. The molecule has 2 rings (SSSR count). The zero-order chi connectivity index (χ0) is 14.8. The van der Waals surface area contributed by atoms with E-state index in [4.69, 9.17) is 0 Å². The number of aryl methyl sites for hydroxylation is 2. The molecule has 1 aromatic carbocycles. The molecule has 0 spiro atoms. The summed E-state index contributed by atoms with van der Waals surface area (Å²) >= 11 is 0. The molecule has 0 aromatic heterocycles. The highest BCUT2D eigenvalue weighted by atomic mass is 32.2. The molecule has 5 heteroatoms. The molecule has 0 amide bonds. The molecule has 0 N–H and O–H groups in total. The Bertz CT molecular complexity index is 588. The number of piperazine rings is 1. The number of rotatable bonds is 4. The van der Waals surface area contributed by atoms with Gasteiger partial charge in [0.15, 0.2) is 0 Å². The van der Waals surface area contributed by atoms with Gasteiger partial charge in [0.2, 0.25) is 10.0 Å². The fourth-order valence-electron chi connectivity index (χ4n) is 2.36. The van der Waals surface area contributed by atoms with Crippen LogP contribution in [0, 0.1) is 13.8 Å². The van der Waals surface area contributed by atoms with E-state index in [1.807, 2.05) is 26.0 Å². The molecule has 1 heterocycles. The Morgan fingerprint density at radius 1 is 1.15 bits per heavy atom. The van der Waals surface area contributed by atoms with Crippen LogP contribution < -0.4 is 0 Å². The Labute approximate surface area is 121 Å². The van der Waals surface area contributed by atoms with E-state index in [2.05, 4.69) is 11.5 Å². The molecule has 20 heavy (non-hydrogen) atoms. The van der Waals surface area contributed by atoms with Crippen molar-refractivity contribution in [2.45, 2.75) is 18.7 Å². The summed E-state index contributed by atoms with van der Waals surface area (Å²) in [7, 11) is -3.36. The van der Waals surface area contributed by atoms with Gasteiger partial charge in [-0.2, -0.15) is 4.31 Å². The first-order chi connectivity index (χ1) is 9.45. The Morgan fingerprint density at radius 3 is 2.35 bits per heavy atom. The average Bonchev–Trinajstić information content (AvgIpc) is 2.43. The predicted octanol–water partition coefficient (Wildman–Crippen LogP) is 1.80. The van der Waals surface area contributed by atoms with Crippen LogP contribution in [-0.2, 0) is 10.0 Å². The van der Waals surface area contributed by atoms with Crippen LogP contribution in [0.4, 0.5) is 0 Å². The van der Waals surface area contributed by atoms with Crippen molar-refractivity contribution in [3.05, 3.63) is 42.0 Å². The summed E-state index contributed by atoms with van der Waals surface area (Å²) in [6.45, 7) is 11.1. The summed E-state index contributed by atoms with van der Waals surface area (Å²) in [5.74, 6) is 0. The van der Waals surface area contributed by atoms with E-state index in [1.54, 1.807) is 16.4 Å². The van der Waals surface area contributed by atoms with Gasteiger partial charge in [0.05, 0.1) is 4.90 Å². The van der Waals surface area contributed by atoms with Gasteiger partial charge in [-0.15, -0.1) is 6.58 Å². The standard InChI is InChI=1S/C15H22N2O2S/c1-4-7-16-8-10-17(11-9-16)20(18,19)15-6-5-13(2)14(3)12-15/h4-6,12H,1,7-11H2,2-3H3.